The van der Waals surface area contributed by atoms with E-state index >= 15 is 13.2 Å². The summed E-state index contributed by atoms with van der Waals surface area (Å²) in [6.07, 6.45) is -4.75. The van der Waals surface area contributed by atoms with Gasteiger partial charge in [-0.05, 0) is 153 Å². The van der Waals surface area contributed by atoms with Crippen molar-refractivity contribution in [3.05, 3.63) is 296 Å². The molecule has 9 heteroatoms. The second-order valence-corrected chi connectivity index (χ2v) is 21.5. The second-order valence-electron chi connectivity index (χ2n) is 21.5. The highest BCUT2D eigenvalue weighted by molar-refractivity contribution is 6.13. The van der Waals surface area contributed by atoms with Gasteiger partial charge in [-0.3, -0.25) is 0 Å². The van der Waals surface area contributed by atoms with Crippen LogP contribution >= 0.6 is 0 Å². The van der Waals surface area contributed by atoms with Crippen LogP contribution in [0.15, 0.2) is 285 Å². The van der Waals surface area contributed by atoms with Crippen molar-refractivity contribution >= 4 is 43.6 Å². The minimum absolute atomic E-state index is 0.0590. The lowest BCUT2D eigenvalue weighted by Crippen LogP contribution is -2.08. The number of benzene rings is 12. The Morgan fingerprint density at radius 2 is 0.581 bits per heavy atom. The molecule has 0 aliphatic heterocycles. The molecule has 0 aliphatic rings. The summed E-state index contributed by atoms with van der Waals surface area (Å²) in [4.78, 5) is 15.4. The first kappa shape index (κ1) is 51.4. The standard InChI is InChI=1S/C77H47F3N6/c78-77(79,80)63-39-62(42-65(47-63)86-72-36-32-58(52-20-10-3-11-21-52)45-68(72)69-46-59(33-37-73(69)86)53-22-12-4-13-23-53)76-83-74(55-24-14-5-15-25-55)82-75(84-76)61-38-60(54-28-26-49(48-81)27-29-54)40-64(41-61)85-70-34-30-56(50-16-6-1-7-17-50)43-66(70)67-44-57(31-35-71(67)85)51-18-8-2-9-19-51/h1-47H. The van der Waals surface area contributed by atoms with Crippen LogP contribution in [-0.2, 0) is 6.18 Å². The number of rotatable bonds is 10. The first-order chi connectivity index (χ1) is 42.2. The molecule has 406 valence electrons. The van der Waals surface area contributed by atoms with Crippen LogP contribution in [0, 0.1) is 11.3 Å². The molecule has 0 N–H and O–H groups in total. The highest BCUT2D eigenvalue weighted by Gasteiger charge is 2.33. The van der Waals surface area contributed by atoms with Crippen LogP contribution in [-0.4, -0.2) is 24.1 Å². The first-order valence-electron chi connectivity index (χ1n) is 28.3. The SMILES string of the molecule is N#Cc1ccc(-c2cc(-c3nc(-c4ccccc4)nc(-c4cc(-n5c6ccc(-c7ccccc7)cc6c6cc(-c7ccccc7)ccc65)cc(C(F)(F)F)c4)n3)cc(-n3c4ccc(-c5ccccc5)cc4c4cc(-c5ccccc5)ccc43)c2)cc1. The summed E-state index contributed by atoms with van der Waals surface area (Å²) in [6, 6.07) is 95.6. The molecule has 15 aromatic rings. The zero-order valence-corrected chi connectivity index (χ0v) is 46.0. The molecule has 0 saturated heterocycles. The van der Waals surface area contributed by atoms with E-state index in [-0.39, 0.29) is 23.0 Å². The molecular formula is C77H47F3N6. The van der Waals surface area contributed by atoms with Crippen molar-refractivity contribution < 1.29 is 13.2 Å². The van der Waals surface area contributed by atoms with Gasteiger partial charge in [-0.15, -0.1) is 0 Å². The Morgan fingerprint density at radius 1 is 0.279 bits per heavy atom. The number of alkyl halides is 3. The molecule has 0 bridgehead atoms. The third-order valence-corrected chi connectivity index (χ3v) is 16.2. The number of nitriles is 1. The van der Waals surface area contributed by atoms with Gasteiger partial charge >= 0.3 is 6.18 Å². The molecule has 0 spiro atoms. The lowest BCUT2D eigenvalue weighted by Gasteiger charge is -2.16. The zero-order chi connectivity index (χ0) is 57.9. The Bertz CT molecular complexity index is 4940. The van der Waals surface area contributed by atoms with Gasteiger partial charge in [0, 0.05) is 49.6 Å². The van der Waals surface area contributed by atoms with E-state index in [2.05, 4.69) is 114 Å². The van der Waals surface area contributed by atoms with Crippen LogP contribution in [0.25, 0.3) is 145 Å². The normalized spacial score (nSPS) is 11.7. The van der Waals surface area contributed by atoms with Gasteiger partial charge in [-0.25, -0.2) is 15.0 Å². The van der Waals surface area contributed by atoms with Crippen molar-refractivity contribution in [3.63, 3.8) is 0 Å². The highest BCUT2D eigenvalue weighted by atomic mass is 19.4. The van der Waals surface area contributed by atoms with E-state index in [1.807, 2.05) is 156 Å². The van der Waals surface area contributed by atoms with Crippen LogP contribution in [0.4, 0.5) is 13.2 Å². The van der Waals surface area contributed by atoms with E-state index in [4.69, 9.17) is 15.0 Å². The summed E-state index contributed by atoms with van der Waals surface area (Å²) >= 11 is 0. The van der Waals surface area contributed by atoms with Gasteiger partial charge in [0.25, 0.3) is 0 Å². The minimum Gasteiger partial charge on any atom is -0.309 e. The molecule has 12 aromatic carbocycles. The molecule has 0 atom stereocenters. The molecule has 0 amide bonds. The fourth-order valence-corrected chi connectivity index (χ4v) is 12.0. The van der Waals surface area contributed by atoms with Crippen LogP contribution in [0.1, 0.15) is 11.1 Å². The Kier molecular flexibility index (Phi) is 12.6. The molecule has 0 aliphatic carbocycles. The van der Waals surface area contributed by atoms with Crippen LogP contribution in [0.2, 0.25) is 0 Å². The molecule has 15 rings (SSSR count). The summed E-state index contributed by atoms with van der Waals surface area (Å²) in [6.45, 7) is 0. The first-order valence-corrected chi connectivity index (χ1v) is 28.3. The fraction of sp³-hybridized carbons (Fsp3) is 0.0130. The quantitative estimate of drug-likeness (QED) is 0.137. The highest BCUT2D eigenvalue weighted by Crippen LogP contribution is 2.43. The van der Waals surface area contributed by atoms with Gasteiger partial charge in [0.15, 0.2) is 17.5 Å². The number of halogens is 3. The monoisotopic (exact) mass is 1110 g/mol. The minimum atomic E-state index is -4.75. The average Bonchev–Trinajstić information content (AvgIpc) is 2.01. The maximum absolute atomic E-state index is 15.7. The van der Waals surface area contributed by atoms with Crippen molar-refractivity contribution in [2.24, 2.45) is 0 Å². The van der Waals surface area contributed by atoms with E-state index in [0.717, 1.165) is 111 Å². The zero-order valence-electron chi connectivity index (χ0n) is 46.0. The van der Waals surface area contributed by atoms with Gasteiger partial charge in [0.1, 0.15) is 0 Å². The molecular weight excluding hydrogens is 1070 g/mol. The van der Waals surface area contributed by atoms with Crippen molar-refractivity contribution in [1.29, 1.82) is 5.26 Å². The molecule has 0 unspecified atom stereocenters. The third kappa shape index (κ3) is 9.42. The second kappa shape index (κ2) is 21.1. The third-order valence-electron chi connectivity index (χ3n) is 16.2. The Balaban J connectivity index is 0.960. The Morgan fingerprint density at radius 3 is 0.942 bits per heavy atom. The van der Waals surface area contributed by atoms with Crippen LogP contribution in [0.3, 0.4) is 0 Å². The van der Waals surface area contributed by atoms with Crippen LogP contribution in [0.5, 0.6) is 0 Å². The summed E-state index contributed by atoms with van der Waals surface area (Å²) in [5.74, 6) is 0.595. The molecule has 3 heterocycles. The molecule has 6 nitrogen and oxygen atoms in total. The summed E-state index contributed by atoms with van der Waals surface area (Å²) in [7, 11) is 0. The van der Waals surface area contributed by atoms with Crippen LogP contribution < -0.4 is 0 Å². The summed E-state index contributed by atoms with van der Waals surface area (Å²) < 4.78 is 51.2. The summed E-state index contributed by atoms with van der Waals surface area (Å²) in [5.41, 5.74) is 15.5. The van der Waals surface area contributed by atoms with Gasteiger partial charge in [-0.1, -0.05) is 188 Å². The maximum atomic E-state index is 15.7. The average molecular weight is 1110 g/mol. The van der Waals surface area contributed by atoms with Crippen molar-refractivity contribution in [3.8, 4) is 107 Å². The molecule has 0 radical (unpaired) electrons. The largest absolute Gasteiger partial charge is 0.416 e. The molecule has 86 heavy (non-hydrogen) atoms. The Labute approximate surface area is 493 Å². The van der Waals surface area contributed by atoms with Gasteiger partial charge in [0.2, 0.25) is 0 Å². The lowest BCUT2D eigenvalue weighted by molar-refractivity contribution is -0.137. The van der Waals surface area contributed by atoms with Crippen molar-refractivity contribution in [2.75, 3.05) is 0 Å². The van der Waals surface area contributed by atoms with Crippen molar-refractivity contribution in [1.82, 2.24) is 24.1 Å². The predicted octanol–water partition coefficient (Wildman–Crippen LogP) is 20.3. The van der Waals surface area contributed by atoms with E-state index in [0.29, 0.717) is 22.4 Å². The van der Waals surface area contributed by atoms with E-state index in [9.17, 15) is 5.26 Å². The van der Waals surface area contributed by atoms with E-state index in [1.54, 1.807) is 18.2 Å². The van der Waals surface area contributed by atoms with E-state index in [1.165, 1.54) is 6.07 Å². The topological polar surface area (TPSA) is 72.3 Å². The van der Waals surface area contributed by atoms with Crippen molar-refractivity contribution in [2.45, 2.75) is 6.18 Å². The fourth-order valence-electron chi connectivity index (χ4n) is 12.0. The smallest absolute Gasteiger partial charge is 0.309 e. The van der Waals surface area contributed by atoms with E-state index < -0.39 is 11.7 Å². The molecule has 0 saturated carbocycles. The molecule has 0 fully saturated rings. The number of aromatic nitrogens is 5. The van der Waals surface area contributed by atoms with Gasteiger partial charge in [0.05, 0.1) is 39.3 Å². The molecule has 3 aromatic heterocycles. The predicted molar refractivity (Wildman–Crippen MR) is 342 cm³/mol. The van der Waals surface area contributed by atoms with Gasteiger partial charge < -0.3 is 9.13 Å². The van der Waals surface area contributed by atoms with Gasteiger partial charge in [-0.2, -0.15) is 18.4 Å². The number of hydrogen-bond donors (Lipinski definition) is 0. The summed E-state index contributed by atoms with van der Waals surface area (Å²) in [5, 5.41) is 13.8. The maximum Gasteiger partial charge on any atom is 0.416 e. The number of nitrogens with zero attached hydrogens (tertiary/aromatic N) is 6. The number of fused-ring (bicyclic) bond motifs is 6. The lowest BCUT2D eigenvalue weighted by atomic mass is 10.00. The number of hydrogen-bond acceptors (Lipinski definition) is 4. The Hall–Kier alpha value is -11.5.